The molecule has 3 N–H and O–H groups in total. The molecule has 46 heavy (non-hydrogen) atoms. The lowest BCUT2D eigenvalue weighted by Crippen LogP contribution is -2.55. The van der Waals surface area contributed by atoms with Crippen molar-refractivity contribution in [3.63, 3.8) is 0 Å². The predicted octanol–water partition coefficient (Wildman–Crippen LogP) is 5.59. The molecule has 0 fully saturated rings. The first kappa shape index (κ1) is 40.0. The number of ether oxygens (including phenoxy) is 3. The summed E-state index contributed by atoms with van der Waals surface area (Å²) in [6, 6.07) is 2.46. The van der Waals surface area contributed by atoms with Crippen LogP contribution in [-0.4, -0.2) is 91.0 Å². The van der Waals surface area contributed by atoms with Crippen LogP contribution in [0.2, 0.25) is 0 Å². The number of halogens is 1. The van der Waals surface area contributed by atoms with Crippen molar-refractivity contribution in [1.29, 1.82) is 0 Å². The molecule has 0 aromatic heterocycles. The predicted molar refractivity (Wildman–Crippen MR) is 187 cm³/mol. The number of nitrogens with one attached hydrogen (secondary N) is 1. The first-order valence-electron chi connectivity index (χ1n) is 16.8. The van der Waals surface area contributed by atoms with Crippen LogP contribution >= 0.6 is 22.6 Å². The third-order valence-electron chi connectivity index (χ3n) is 8.07. The molecule has 0 bridgehead atoms. The zero-order valence-corrected chi connectivity index (χ0v) is 30.3. The Morgan fingerprint density at radius 2 is 1.76 bits per heavy atom. The third-order valence-corrected chi connectivity index (χ3v) is 8.87. The Hall–Kier alpha value is -2.22. The smallest absolute Gasteiger partial charge is 0.247 e. The first-order chi connectivity index (χ1) is 22.2. The lowest BCUT2D eigenvalue weighted by Gasteiger charge is -2.41. The topological polar surface area (TPSA) is 135 Å². The summed E-state index contributed by atoms with van der Waals surface area (Å²) in [4.78, 5) is 40.1. The van der Waals surface area contributed by atoms with E-state index in [1.54, 1.807) is 23.1 Å². The number of hydrogen-bond donors (Lipinski definition) is 3. The van der Waals surface area contributed by atoms with Gasteiger partial charge in [0.25, 0.3) is 0 Å². The zero-order valence-electron chi connectivity index (χ0n) is 28.1. The summed E-state index contributed by atoms with van der Waals surface area (Å²) in [5, 5.41) is 23.7. The Morgan fingerprint density at radius 3 is 2.37 bits per heavy atom. The van der Waals surface area contributed by atoms with Crippen molar-refractivity contribution in [2.75, 3.05) is 33.4 Å². The number of unbranched alkanes of at least 4 members (excludes halogenated alkanes) is 8. The van der Waals surface area contributed by atoms with Gasteiger partial charge in [0.15, 0.2) is 11.5 Å². The van der Waals surface area contributed by atoms with Gasteiger partial charge in [-0.3, -0.25) is 14.4 Å². The van der Waals surface area contributed by atoms with Gasteiger partial charge in [0.1, 0.15) is 18.5 Å². The van der Waals surface area contributed by atoms with Crippen LogP contribution in [0.5, 0.6) is 11.5 Å². The van der Waals surface area contributed by atoms with Gasteiger partial charge in [0, 0.05) is 43.7 Å². The van der Waals surface area contributed by atoms with Gasteiger partial charge in [-0.15, -0.1) is 0 Å². The van der Waals surface area contributed by atoms with E-state index in [0.717, 1.165) is 19.3 Å². The van der Waals surface area contributed by atoms with Crippen LogP contribution in [0.25, 0.3) is 0 Å². The van der Waals surface area contributed by atoms with Gasteiger partial charge >= 0.3 is 0 Å². The van der Waals surface area contributed by atoms with Gasteiger partial charge in [-0.05, 0) is 67.5 Å². The van der Waals surface area contributed by atoms with Gasteiger partial charge in [-0.2, -0.15) is 0 Å². The summed E-state index contributed by atoms with van der Waals surface area (Å²) < 4.78 is 18.1. The second kappa shape index (κ2) is 22.4. The van der Waals surface area contributed by atoms with E-state index < -0.39 is 24.2 Å². The highest BCUT2D eigenvalue weighted by Crippen LogP contribution is 2.37. The minimum absolute atomic E-state index is 0.0528. The van der Waals surface area contributed by atoms with Gasteiger partial charge in [0.2, 0.25) is 11.8 Å². The molecule has 0 saturated heterocycles. The van der Waals surface area contributed by atoms with Crippen LogP contribution in [0, 0.1) is 3.57 Å². The third kappa shape index (κ3) is 13.5. The number of carbonyl (C=O) groups is 3. The number of methoxy groups -OCH3 is 1. The molecule has 1 aliphatic carbocycles. The summed E-state index contributed by atoms with van der Waals surface area (Å²) >= 11 is 2.04. The lowest BCUT2D eigenvalue weighted by atomic mass is 9.87. The van der Waals surface area contributed by atoms with Crippen LogP contribution < -0.4 is 14.8 Å². The molecule has 1 aromatic carbocycles. The normalized spacial score (nSPS) is 17.8. The molecule has 260 valence electrons. The van der Waals surface area contributed by atoms with Crippen molar-refractivity contribution in [3.05, 3.63) is 32.9 Å². The van der Waals surface area contributed by atoms with Crippen molar-refractivity contribution >= 4 is 40.7 Å². The Labute approximate surface area is 288 Å². The highest BCUT2D eigenvalue weighted by molar-refractivity contribution is 14.1. The van der Waals surface area contributed by atoms with Gasteiger partial charge in [0.05, 0.1) is 29.4 Å². The molecule has 10 nitrogen and oxygen atoms in total. The maximum Gasteiger partial charge on any atom is 0.247 e. The van der Waals surface area contributed by atoms with E-state index in [9.17, 15) is 24.6 Å². The number of nitrogens with zero attached hydrogens (tertiary/aromatic N) is 1. The quantitative estimate of drug-likeness (QED) is 0.0748. The first-order valence-corrected chi connectivity index (χ1v) is 17.9. The SMILES string of the molecule is CCCCCCCCCCCC(=O)N(CCCOC(C)C)C1CC(C(=O)NCCO)=CC(Oc2c(I)cc(C=O)cc2OC)C1O. The van der Waals surface area contributed by atoms with Crippen LogP contribution in [0.15, 0.2) is 23.8 Å². The van der Waals surface area contributed by atoms with E-state index in [1.165, 1.54) is 45.6 Å². The van der Waals surface area contributed by atoms with Crippen molar-refractivity contribution in [2.24, 2.45) is 0 Å². The molecule has 11 heteroatoms. The number of aldehydes is 1. The highest BCUT2D eigenvalue weighted by Gasteiger charge is 2.40. The number of carbonyl (C=O) groups excluding carboxylic acids is 3. The van der Waals surface area contributed by atoms with Crippen LogP contribution in [-0.2, 0) is 14.3 Å². The fraction of sp³-hybridized carbons (Fsp3) is 0.686. The van der Waals surface area contributed by atoms with Crippen molar-refractivity contribution < 1.29 is 38.8 Å². The largest absolute Gasteiger partial charge is 0.493 e. The number of benzene rings is 1. The van der Waals surface area contributed by atoms with Gasteiger partial charge in [-0.25, -0.2) is 0 Å². The molecule has 3 atom stereocenters. The molecule has 0 aliphatic heterocycles. The van der Waals surface area contributed by atoms with E-state index in [2.05, 4.69) is 12.2 Å². The minimum Gasteiger partial charge on any atom is -0.493 e. The van der Waals surface area contributed by atoms with Crippen molar-refractivity contribution in [2.45, 2.75) is 122 Å². The average Bonchev–Trinajstić information content (AvgIpc) is 3.04. The van der Waals surface area contributed by atoms with Crippen molar-refractivity contribution in [3.8, 4) is 11.5 Å². The molecule has 2 amide bonds. The molecule has 1 aliphatic rings. The average molecular weight is 759 g/mol. The summed E-state index contributed by atoms with van der Waals surface area (Å²) in [6.07, 6.45) is 11.5. The van der Waals surface area contributed by atoms with Gasteiger partial charge < -0.3 is 34.6 Å². The van der Waals surface area contributed by atoms with Crippen LogP contribution in [0.4, 0.5) is 0 Å². The monoisotopic (exact) mass is 758 g/mol. The fourth-order valence-corrected chi connectivity index (χ4v) is 6.35. The van der Waals surface area contributed by atoms with E-state index in [1.807, 2.05) is 36.4 Å². The summed E-state index contributed by atoms with van der Waals surface area (Å²) in [7, 11) is 1.46. The molecular weight excluding hydrogens is 703 g/mol. The fourth-order valence-electron chi connectivity index (χ4n) is 5.60. The van der Waals surface area contributed by atoms with Crippen LogP contribution in [0.1, 0.15) is 108 Å². The standard InChI is InChI=1S/C35H55IN2O8/c1-5-6-7-8-9-10-11-12-13-15-32(41)38(17-14-19-45-25(2)3)29-22-27(35(43)37-16-18-39)23-30(33(29)42)46-34-28(36)20-26(24-40)21-31(34)44-4/h20-21,23-25,29-30,33,39,42H,5-19,22H2,1-4H3,(H,37,43). The number of amides is 2. The van der Waals surface area contributed by atoms with E-state index in [-0.39, 0.29) is 31.6 Å². The highest BCUT2D eigenvalue weighted by atomic mass is 127. The zero-order chi connectivity index (χ0) is 33.9. The lowest BCUT2D eigenvalue weighted by molar-refractivity contribution is -0.139. The molecule has 1 aromatic rings. The summed E-state index contributed by atoms with van der Waals surface area (Å²) in [5.41, 5.74) is 0.763. The molecular formula is C35H55IN2O8. The van der Waals surface area contributed by atoms with E-state index in [4.69, 9.17) is 14.2 Å². The Bertz CT molecular complexity index is 1110. The van der Waals surface area contributed by atoms with Gasteiger partial charge in [-0.1, -0.05) is 58.3 Å². The molecule has 0 spiro atoms. The number of aliphatic hydroxyl groups excluding tert-OH is 2. The molecule has 0 heterocycles. The van der Waals surface area contributed by atoms with Crippen molar-refractivity contribution in [1.82, 2.24) is 10.2 Å². The molecule has 0 radical (unpaired) electrons. The molecule has 2 rings (SSSR count). The summed E-state index contributed by atoms with van der Waals surface area (Å²) in [5.74, 6) is 0.164. The Morgan fingerprint density at radius 1 is 1.09 bits per heavy atom. The molecule has 3 unspecified atom stereocenters. The minimum atomic E-state index is -1.15. The Kier molecular flexibility index (Phi) is 19.4. The van der Waals surface area contributed by atoms with Crippen LogP contribution in [0.3, 0.4) is 0 Å². The second-order valence-corrected chi connectivity index (χ2v) is 13.3. The Balaban J connectivity index is 2.29. The number of aliphatic hydroxyl groups is 2. The number of hydrogen-bond acceptors (Lipinski definition) is 8. The molecule has 0 saturated carbocycles. The summed E-state index contributed by atoms with van der Waals surface area (Å²) in [6.45, 7) is 6.80. The van der Waals surface area contributed by atoms with E-state index >= 15 is 0 Å². The van der Waals surface area contributed by atoms with E-state index in [0.29, 0.717) is 58.5 Å². The number of rotatable bonds is 23. The maximum absolute atomic E-state index is 13.8. The maximum atomic E-state index is 13.8. The second-order valence-electron chi connectivity index (χ2n) is 12.1.